The molecule has 0 atom stereocenters. The van der Waals surface area contributed by atoms with E-state index in [9.17, 15) is 4.79 Å². The third kappa shape index (κ3) is 7.22. The van der Waals surface area contributed by atoms with E-state index in [0.717, 1.165) is 68.5 Å². The summed E-state index contributed by atoms with van der Waals surface area (Å²) in [5.41, 5.74) is 3.93. The van der Waals surface area contributed by atoms with Gasteiger partial charge < -0.3 is 16.0 Å². The highest BCUT2D eigenvalue weighted by molar-refractivity contribution is 5.78. The monoisotopic (exact) mass is 488 g/mol. The first-order valence-electron chi connectivity index (χ1n) is 12.8. The summed E-state index contributed by atoms with van der Waals surface area (Å²) in [6.07, 6.45) is 4.41. The van der Waals surface area contributed by atoms with Gasteiger partial charge in [0.05, 0.1) is 12.2 Å². The van der Waals surface area contributed by atoms with Crippen molar-refractivity contribution in [3.8, 4) is 11.3 Å². The van der Waals surface area contributed by atoms with Crippen LogP contribution in [0.5, 0.6) is 0 Å². The minimum Gasteiger partial charge on any atom is -0.370 e. The molecular formula is C27H36N8O. The average molecular weight is 489 g/mol. The summed E-state index contributed by atoms with van der Waals surface area (Å²) in [7, 11) is 0. The maximum atomic E-state index is 12.3. The number of nitrogens with zero attached hydrogens (tertiary/aromatic N) is 5. The number of aromatic nitrogens is 3. The Morgan fingerprint density at radius 1 is 0.861 bits per heavy atom. The topological polar surface area (TPSA) is 98.3 Å². The summed E-state index contributed by atoms with van der Waals surface area (Å²) >= 11 is 0. The smallest absolute Gasteiger partial charge is 0.234 e. The van der Waals surface area contributed by atoms with Gasteiger partial charge in [-0.3, -0.25) is 14.6 Å². The number of carbonyl (C=O) groups is 1. The van der Waals surface area contributed by atoms with Crippen LogP contribution in [-0.4, -0.2) is 76.5 Å². The fraction of sp³-hybridized carbons (Fsp3) is 0.407. The number of hydrogen-bond acceptors (Lipinski definition) is 8. The Hall–Kier alpha value is -3.56. The summed E-state index contributed by atoms with van der Waals surface area (Å²) < 4.78 is 0. The first-order valence-corrected chi connectivity index (χ1v) is 12.8. The number of rotatable bonds is 0. The van der Waals surface area contributed by atoms with Gasteiger partial charge in [0.25, 0.3) is 0 Å². The molecule has 1 amide bonds. The molecular weight excluding hydrogens is 452 g/mol. The Morgan fingerprint density at radius 2 is 1.64 bits per heavy atom. The van der Waals surface area contributed by atoms with Crippen LogP contribution in [-0.2, 0) is 11.3 Å². The number of anilines is 3. The second kappa shape index (κ2) is 12.9. The molecule has 7 heterocycles. The number of carbonyl (C=O) groups excluding carboxylic acids is 1. The number of hydrogen-bond donors (Lipinski definition) is 3. The quantitative estimate of drug-likeness (QED) is 0.443. The lowest BCUT2D eigenvalue weighted by molar-refractivity contribution is -0.122. The zero-order valence-electron chi connectivity index (χ0n) is 21.2. The SMILES string of the molecule is CC.O=C1CN2CCN(CC2)Cc2cccc(c2)Nc2nccc(n2)-c2ccc(nc2)NCCCN1. The number of piperazine rings is 1. The van der Waals surface area contributed by atoms with Gasteiger partial charge in [-0.05, 0) is 42.3 Å². The predicted molar refractivity (Wildman–Crippen MR) is 144 cm³/mol. The molecule has 36 heavy (non-hydrogen) atoms. The van der Waals surface area contributed by atoms with E-state index in [4.69, 9.17) is 0 Å². The molecule has 0 aliphatic carbocycles. The molecule has 0 spiro atoms. The Morgan fingerprint density at radius 3 is 2.42 bits per heavy atom. The van der Waals surface area contributed by atoms with Crippen molar-refractivity contribution < 1.29 is 4.79 Å². The third-order valence-electron chi connectivity index (χ3n) is 6.12. The third-order valence-corrected chi connectivity index (χ3v) is 6.12. The molecule has 0 saturated carbocycles. The van der Waals surface area contributed by atoms with E-state index < -0.39 is 0 Å². The Bertz CT molecular complexity index is 1110. The molecule has 1 saturated heterocycles. The summed E-state index contributed by atoms with van der Waals surface area (Å²) in [4.78, 5) is 30.6. The molecule has 9 heteroatoms. The van der Waals surface area contributed by atoms with Crippen molar-refractivity contribution in [1.82, 2.24) is 30.1 Å². The molecule has 2 aromatic heterocycles. The highest BCUT2D eigenvalue weighted by atomic mass is 16.2. The second-order valence-electron chi connectivity index (χ2n) is 8.71. The van der Waals surface area contributed by atoms with Gasteiger partial charge in [0.2, 0.25) is 11.9 Å². The molecule has 1 aromatic carbocycles. The fourth-order valence-electron chi connectivity index (χ4n) is 4.26. The van der Waals surface area contributed by atoms with E-state index in [1.165, 1.54) is 5.56 Å². The first kappa shape index (κ1) is 25.5. The van der Waals surface area contributed by atoms with E-state index in [2.05, 4.69) is 58.9 Å². The summed E-state index contributed by atoms with van der Waals surface area (Å²) in [6.45, 7) is 10.4. The molecule has 1 fully saturated rings. The highest BCUT2D eigenvalue weighted by Gasteiger charge is 2.19. The molecule has 8 rings (SSSR count). The summed E-state index contributed by atoms with van der Waals surface area (Å²) in [6, 6.07) is 14.2. The van der Waals surface area contributed by atoms with E-state index in [1.807, 2.05) is 44.3 Å². The van der Waals surface area contributed by atoms with Gasteiger partial charge in [-0.1, -0.05) is 26.0 Å². The van der Waals surface area contributed by atoms with Crippen molar-refractivity contribution in [3.63, 3.8) is 0 Å². The normalized spacial score (nSPS) is 20.2. The van der Waals surface area contributed by atoms with Gasteiger partial charge in [0.1, 0.15) is 5.82 Å². The largest absolute Gasteiger partial charge is 0.370 e. The van der Waals surface area contributed by atoms with E-state index in [1.54, 1.807) is 6.20 Å². The van der Waals surface area contributed by atoms with Crippen LogP contribution in [0.4, 0.5) is 17.5 Å². The Balaban J connectivity index is 0.00000148. The van der Waals surface area contributed by atoms with Crippen LogP contribution in [0.2, 0.25) is 0 Å². The fourth-order valence-corrected chi connectivity index (χ4v) is 4.26. The molecule has 3 N–H and O–H groups in total. The number of pyridine rings is 1. The van der Waals surface area contributed by atoms with Crippen LogP contribution in [0.1, 0.15) is 25.8 Å². The lowest BCUT2D eigenvalue weighted by Crippen LogP contribution is -2.49. The summed E-state index contributed by atoms with van der Waals surface area (Å²) in [5.74, 6) is 1.45. The van der Waals surface area contributed by atoms with Crippen molar-refractivity contribution in [2.45, 2.75) is 26.8 Å². The van der Waals surface area contributed by atoms with Gasteiger partial charge in [0, 0.05) is 69.5 Å². The standard InChI is InChI=1S/C25H30N8O.C2H6/c34-24-18-33-13-11-32(12-14-33)17-19-3-1-4-21(15-19)30-25-28-10-7-22(31-25)20-5-6-23(29-16-20)26-8-2-9-27-24;1-2/h1,3-7,10,15-16H,2,8-9,11-14,17-18H2,(H,26,29)(H,27,34)(H,28,30,31);1-2H3. The number of nitrogens with one attached hydrogen (secondary N) is 3. The highest BCUT2D eigenvalue weighted by Crippen LogP contribution is 2.21. The maximum absolute atomic E-state index is 12.3. The van der Waals surface area contributed by atoms with Crippen LogP contribution in [0.25, 0.3) is 11.3 Å². The average Bonchev–Trinajstić information content (AvgIpc) is 2.91. The van der Waals surface area contributed by atoms with Crippen LogP contribution in [0, 0.1) is 0 Å². The van der Waals surface area contributed by atoms with Crippen molar-refractivity contribution in [2.24, 2.45) is 0 Å². The van der Waals surface area contributed by atoms with Gasteiger partial charge in [-0.25, -0.2) is 15.0 Å². The van der Waals surface area contributed by atoms with Crippen molar-refractivity contribution in [3.05, 3.63) is 60.4 Å². The number of amides is 1. The van der Waals surface area contributed by atoms with Gasteiger partial charge in [0.15, 0.2) is 0 Å². The van der Waals surface area contributed by atoms with Crippen LogP contribution < -0.4 is 16.0 Å². The number of benzene rings is 1. The van der Waals surface area contributed by atoms with Crippen molar-refractivity contribution in [1.29, 1.82) is 0 Å². The zero-order chi connectivity index (χ0) is 25.2. The van der Waals surface area contributed by atoms with Gasteiger partial charge in [-0.15, -0.1) is 0 Å². The van der Waals surface area contributed by atoms with E-state index >= 15 is 0 Å². The molecule has 5 aliphatic rings. The first-order chi connectivity index (χ1) is 17.7. The Kier molecular flexibility index (Phi) is 9.18. The van der Waals surface area contributed by atoms with Gasteiger partial charge >= 0.3 is 0 Å². The van der Waals surface area contributed by atoms with Crippen LogP contribution in [0.3, 0.4) is 0 Å². The molecule has 190 valence electrons. The predicted octanol–water partition coefficient (Wildman–Crippen LogP) is 3.36. The molecule has 5 aliphatic heterocycles. The molecule has 3 aromatic rings. The minimum absolute atomic E-state index is 0.0935. The molecule has 0 radical (unpaired) electrons. The van der Waals surface area contributed by atoms with Crippen molar-refractivity contribution >= 4 is 23.4 Å². The zero-order valence-corrected chi connectivity index (χ0v) is 21.2. The van der Waals surface area contributed by atoms with E-state index in [-0.39, 0.29) is 5.91 Å². The minimum atomic E-state index is 0.0935. The van der Waals surface area contributed by atoms with Crippen LogP contribution in [0.15, 0.2) is 54.9 Å². The molecule has 9 nitrogen and oxygen atoms in total. The lowest BCUT2D eigenvalue weighted by atomic mass is 10.1. The maximum Gasteiger partial charge on any atom is 0.234 e. The van der Waals surface area contributed by atoms with E-state index in [0.29, 0.717) is 19.0 Å². The molecule has 8 bridgehead atoms. The van der Waals surface area contributed by atoms with Crippen LogP contribution >= 0.6 is 0 Å². The van der Waals surface area contributed by atoms with Crippen molar-refractivity contribution in [2.75, 3.05) is 56.4 Å². The second-order valence-corrected chi connectivity index (χ2v) is 8.71. The molecule has 0 unspecified atom stereocenters. The summed E-state index contributed by atoms with van der Waals surface area (Å²) in [5, 5.41) is 9.68. The lowest BCUT2D eigenvalue weighted by Gasteiger charge is -2.34. The Labute approximate surface area is 213 Å². The van der Waals surface area contributed by atoms with Gasteiger partial charge in [-0.2, -0.15) is 0 Å².